The van der Waals surface area contributed by atoms with Gasteiger partial charge in [0.05, 0.1) is 6.61 Å². The maximum Gasteiger partial charge on any atom is 0.0558 e. The minimum atomic E-state index is 0.269. The molecule has 0 atom stereocenters. The number of aliphatic hydroxyl groups excluding tert-OH is 1. The molecule has 1 aromatic carbocycles. The van der Waals surface area contributed by atoms with Crippen molar-refractivity contribution in [1.29, 1.82) is 0 Å². The number of nitrogens with zero attached hydrogens (tertiary/aromatic N) is 2. The van der Waals surface area contributed by atoms with Gasteiger partial charge in [-0.15, -0.1) is 0 Å². The fraction of sp³-hybridized carbons (Fsp3) is 0.571. The van der Waals surface area contributed by atoms with E-state index in [0.29, 0.717) is 0 Å². The van der Waals surface area contributed by atoms with Crippen molar-refractivity contribution in [2.45, 2.75) is 6.42 Å². The van der Waals surface area contributed by atoms with Gasteiger partial charge >= 0.3 is 0 Å². The zero-order valence-corrected chi connectivity index (χ0v) is 10.9. The quantitative estimate of drug-likeness (QED) is 0.743. The summed E-state index contributed by atoms with van der Waals surface area (Å²) in [4.78, 5) is 4.81. The second kappa shape index (κ2) is 6.73. The lowest BCUT2D eigenvalue weighted by atomic mass is 10.1. The molecule has 18 heavy (non-hydrogen) atoms. The van der Waals surface area contributed by atoms with Gasteiger partial charge in [0.15, 0.2) is 0 Å². The zero-order chi connectivity index (χ0) is 12.8. The summed E-state index contributed by atoms with van der Waals surface area (Å²) in [5, 5.41) is 8.89. The summed E-state index contributed by atoms with van der Waals surface area (Å²) in [5.41, 5.74) is 7.85. The van der Waals surface area contributed by atoms with E-state index in [1.807, 2.05) is 12.1 Å². The third-order valence-electron chi connectivity index (χ3n) is 3.58. The Morgan fingerprint density at radius 2 is 1.50 bits per heavy atom. The number of anilines is 1. The van der Waals surface area contributed by atoms with E-state index < -0.39 is 0 Å². The van der Waals surface area contributed by atoms with Gasteiger partial charge in [-0.3, -0.25) is 4.90 Å². The van der Waals surface area contributed by atoms with Crippen LogP contribution in [0.25, 0.3) is 0 Å². The van der Waals surface area contributed by atoms with Crippen LogP contribution >= 0.6 is 0 Å². The predicted molar refractivity (Wildman–Crippen MR) is 74.5 cm³/mol. The molecule has 0 bridgehead atoms. The molecule has 0 radical (unpaired) electrons. The molecule has 0 amide bonds. The number of rotatable bonds is 5. The summed E-state index contributed by atoms with van der Waals surface area (Å²) in [6.45, 7) is 6.54. The van der Waals surface area contributed by atoms with Gasteiger partial charge in [-0.25, -0.2) is 0 Å². The van der Waals surface area contributed by atoms with Crippen LogP contribution in [-0.4, -0.2) is 60.8 Å². The monoisotopic (exact) mass is 249 g/mol. The summed E-state index contributed by atoms with van der Waals surface area (Å²) >= 11 is 0. The Morgan fingerprint density at radius 3 is 2.06 bits per heavy atom. The number of hydrogen-bond donors (Lipinski definition) is 2. The highest BCUT2D eigenvalue weighted by molar-refractivity contribution is 5.39. The van der Waals surface area contributed by atoms with Crippen LogP contribution in [0.5, 0.6) is 0 Å². The Bertz CT molecular complexity index is 345. The summed E-state index contributed by atoms with van der Waals surface area (Å²) in [6.07, 6.45) is 1.08. The van der Waals surface area contributed by atoms with E-state index in [0.717, 1.165) is 51.4 Å². The molecule has 1 aliphatic rings. The lowest BCUT2D eigenvalue weighted by molar-refractivity contribution is 0.113. The summed E-state index contributed by atoms with van der Waals surface area (Å²) in [6, 6.07) is 8.15. The van der Waals surface area contributed by atoms with Crippen molar-refractivity contribution >= 4 is 5.69 Å². The second-order valence-electron chi connectivity index (χ2n) is 4.90. The third kappa shape index (κ3) is 3.98. The minimum Gasteiger partial charge on any atom is -0.399 e. The molecule has 4 heteroatoms. The van der Waals surface area contributed by atoms with E-state index >= 15 is 0 Å². The van der Waals surface area contributed by atoms with Gasteiger partial charge < -0.3 is 15.7 Å². The number of piperazine rings is 1. The Morgan fingerprint density at radius 1 is 0.944 bits per heavy atom. The molecule has 1 aliphatic heterocycles. The van der Waals surface area contributed by atoms with Crippen LogP contribution in [0.1, 0.15) is 5.56 Å². The number of benzene rings is 1. The molecule has 0 saturated carbocycles. The van der Waals surface area contributed by atoms with Crippen LogP contribution in [0.4, 0.5) is 5.69 Å². The normalized spacial score (nSPS) is 18.1. The standard InChI is InChI=1S/C14H23N3O/c15-14-3-1-13(2-4-14)5-6-16-7-9-17(10-8-16)11-12-18/h1-4,18H,5-12,15H2. The first-order valence-electron chi connectivity index (χ1n) is 6.68. The molecule has 2 rings (SSSR count). The predicted octanol–water partition coefficient (Wildman–Crippen LogP) is 0.421. The molecule has 1 aromatic rings. The Balaban J connectivity index is 1.70. The lowest BCUT2D eigenvalue weighted by Crippen LogP contribution is -2.47. The first-order valence-corrected chi connectivity index (χ1v) is 6.68. The molecule has 1 fully saturated rings. The van der Waals surface area contributed by atoms with Gasteiger partial charge in [0.1, 0.15) is 0 Å². The highest BCUT2D eigenvalue weighted by Gasteiger charge is 2.15. The highest BCUT2D eigenvalue weighted by atomic mass is 16.3. The van der Waals surface area contributed by atoms with Crippen molar-refractivity contribution in [3.8, 4) is 0 Å². The van der Waals surface area contributed by atoms with Crippen molar-refractivity contribution in [3.05, 3.63) is 29.8 Å². The van der Waals surface area contributed by atoms with E-state index in [1.165, 1.54) is 5.56 Å². The van der Waals surface area contributed by atoms with Crippen LogP contribution in [0.15, 0.2) is 24.3 Å². The molecule has 0 spiro atoms. The second-order valence-corrected chi connectivity index (χ2v) is 4.90. The molecule has 1 heterocycles. The van der Waals surface area contributed by atoms with Crippen LogP contribution in [-0.2, 0) is 6.42 Å². The number of hydrogen-bond acceptors (Lipinski definition) is 4. The fourth-order valence-electron chi connectivity index (χ4n) is 2.35. The molecule has 0 aromatic heterocycles. The van der Waals surface area contributed by atoms with Crippen molar-refractivity contribution < 1.29 is 5.11 Å². The van der Waals surface area contributed by atoms with E-state index in [-0.39, 0.29) is 6.61 Å². The zero-order valence-electron chi connectivity index (χ0n) is 10.9. The molecule has 4 nitrogen and oxygen atoms in total. The average molecular weight is 249 g/mol. The van der Waals surface area contributed by atoms with Crippen molar-refractivity contribution in [1.82, 2.24) is 9.80 Å². The Kier molecular flexibility index (Phi) is 4.99. The maximum absolute atomic E-state index is 8.89. The highest BCUT2D eigenvalue weighted by Crippen LogP contribution is 2.08. The van der Waals surface area contributed by atoms with E-state index in [1.54, 1.807) is 0 Å². The largest absolute Gasteiger partial charge is 0.399 e. The van der Waals surface area contributed by atoms with Crippen LogP contribution in [0.3, 0.4) is 0 Å². The first kappa shape index (κ1) is 13.3. The summed E-state index contributed by atoms with van der Waals surface area (Å²) < 4.78 is 0. The molecule has 3 N–H and O–H groups in total. The smallest absolute Gasteiger partial charge is 0.0558 e. The van der Waals surface area contributed by atoms with Crippen molar-refractivity contribution in [2.75, 3.05) is 51.6 Å². The van der Waals surface area contributed by atoms with Crippen LogP contribution < -0.4 is 5.73 Å². The number of nitrogens with two attached hydrogens (primary N) is 1. The molecular weight excluding hydrogens is 226 g/mol. The third-order valence-corrected chi connectivity index (χ3v) is 3.58. The molecular formula is C14H23N3O. The summed E-state index contributed by atoms with van der Waals surface area (Å²) in [7, 11) is 0. The van der Waals surface area contributed by atoms with Crippen LogP contribution in [0.2, 0.25) is 0 Å². The number of nitrogen functional groups attached to an aromatic ring is 1. The van der Waals surface area contributed by atoms with Gasteiger partial charge in [0, 0.05) is 45.0 Å². The fourth-order valence-corrected chi connectivity index (χ4v) is 2.35. The number of aliphatic hydroxyl groups is 1. The van der Waals surface area contributed by atoms with E-state index in [4.69, 9.17) is 10.8 Å². The van der Waals surface area contributed by atoms with Gasteiger partial charge in [-0.2, -0.15) is 0 Å². The van der Waals surface area contributed by atoms with Crippen molar-refractivity contribution in [3.63, 3.8) is 0 Å². The maximum atomic E-state index is 8.89. The Labute approximate surface area is 109 Å². The first-order chi connectivity index (χ1) is 8.78. The lowest BCUT2D eigenvalue weighted by Gasteiger charge is -2.34. The van der Waals surface area contributed by atoms with Gasteiger partial charge in [0.25, 0.3) is 0 Å². The topological polar surface area (TPSA) is 52.7 Å². The van der Waals surface area contributed by atoms with Gasteiger partial charge in [0.2, 0.25) is 0 Å². The SMILES string of the molecule is Nc1ccc(CCN2CCN(CCO)CC2)cc1. The molecule has 0 aliphatic carbocycles. The van der Waals surface area contributed by atoms with E-state index in [2.05, 4.69) is 21.9 Å². The summed E-state index contributed by atoms with van der Waals surface area (Å²) in [5.74, 6) is 0. The average Bonchev–Trinajstić information content (AvgIpc) is 2.40. The number of β-amino-alcohol motifs (C(OH)–C–C–N with tert-alkyl or cyclic N) is 1. The van der Waals surface area contributed by atoms with Gasteiger partial charge in [-0.1, -0.05) is 12.1 Å². The van der Waals surface area contributed by atoms with E-state index in [9.17, 15) is 0 Å². The van der Waals surface area contributed by atoms with Gasteiger partial charge in [-0.05, 0) is 24.1 Å². The minimum absolute atomic E-state index is 0.269. The Hall–Kier alpha value is -1.10. The molecule has 1 saturated heterocycles. The molecule has 0 unspecified atom stereocenters. The van der Waals surface area contributed by atoms with Crippen LogP contribution in [0, 0.1) is 0 Å². The molecule has 100 valence electrons. The van der Waals surface area contributed by atoms with Crippen molar-refractivity contribution in [2.24, 2.45) is 0 Å².